The summed E-state index contributed by atoms with van der Waals surface area (Å²) in [5, 5.41) is 11.5. The summed E-state index contributed by atoms with van der Waals surface area (Å²) in [6, 6.07) is 19.3. The quantitative estimate of drug-likeness (QED) is 0.210. The molecule has 3 aromatic rings. The molecule has 0 saturated carbocycles. The lowest BCUT2D eigenvalue weighted by Gasteiger charge is -2.26. The minimum absolute atomic E-state index is 0.0133. The van der Waals surface area contributed by atoms with Crippen LogP contribution in [0.15, 0.2) is 72.3 Å². The van der Waals surface area contributed by atoms with E-state index in [9.17, 15) is 14.7 Å². The van der Waals surface area contributed by atoms with Crippen LogP contribution in [-0.2, 0) is 16.0 Å². The van der Waals surface area contributed by atoms with Gasteiger partial charge in [-0.25, -0.2) is 0 Å². The number of amides is 1. The number of rotatable bonds is 10. The average Bonchev–Trinajstić information content (AvgIpc) is 3.24. The highest BCUT2D eigenvalue weighted by Gasteiger charge is 2.46. The van der Waals surface area contributed by atoms with Crippen LogP contribution >= 0.6 is 0 Å². The highest BCUT2D eigenvalue weighted by molar-refractivity contribution is 6.46. The van der Waals surface area contributed by atoms with E-state index < -0.39 is 17.7 Å². The van der Waals surface area contributed by atoms with Gasteiger partial charge < -0.3 is 29.0 Å². The van der Waals surface area contributed by atoms with Crippen LogP contribution in [0.5, 0.6) is 23.0 Å². The van der Waals surface area contributed by atoms with E-state index in [4.69, 9.17) is 18.9 Å². The minimum Gasteiger partial charge on any atom is -0.507 e. The van der Waals surface area contributed by atoms with Crippen molar-refractivity contribution in [3.63, 3.8) is 0 Å². The summed E-state index contributed by atoms with van der Waals surface area (Å²) in [6.45, 7) is 5.95. The molecule has 8 heteroatoms. The molecule has 5 rings (SSSR count). The second-order valence-electron chi connectivity index (χ2n) is 9.57. The molecule has 2 aliphatic rings. The molecular formula is C32H33NO7. The van der Waals surface area contributed by atoms with Crippen LogP contribution in [0, 0.1) is 0 Å². The molecule has 1 fully saturated rings. The zero-order chi connectivity index (χ0) is 28.1. The van der Waals surface area contributed by atoms with Crippen molar-refractivity contribution in [2.45, 2.75) is 32.7 Å². The normalized spacial score (nSPS) is 17.6. The Balaban J connectivity index is 1.59. The van der Waals surface area contributed by atoms with Crippen LogP contribution in [-0.4, -0.2) is 54.7 Å². The SMILES string of the molecule is CCCOc1ccc([C@H]2/C(=C(\O)c3ccc4c(c3)OCCO4)C(=O)C(=O)N2CCc2ccccc2)cc1OCC. The number of benzene rings is 3. The fourth-order valence-corrected chi connectivity index (χ4v) is 4.99. The van der Waals surface area contributed by atoms with Crippen LogP contribution in [0.1, 0.15) is 43.0 Å². The number of ketones is 1. The maximum Gasteiger partial charge on any atom is 0.295 e. The standard InChI is InChI=1S/C32H33NO7/c1-3-16-38-24-12-10-22(19-26(24)37-4-2)29-28(30(34)23-11-13-25-27(20-23)40-18-17-39-25)31(35)32(36)33(29)15-14-21-8-6-5-7-9-21/h5-13,19-20,29,34H,3-4,14-18H2,1-2H3/b30-28+/t29-/m0/s1. The van der Waals surface area contributed by atoms with E-state index in [1.807, 2.05) is 50.2 Å². The van der Waals surface area contributed by atoms with E-state index in [2.05, 4.69) is 0 Å². The van der Waals surface area contributed by atoms with Crippen molar-refractivity contribution in [3.05, 3.63) is 89.0 Å². The summed E-state index contributed by atoms with van der Waals surface area (Å²) >= 11 is 0. The van der Waals surface area contributed by atoms with E-state index in [1.165, 1.54) is 4.90 Å². The lowest BCUT2D eigenvalue weighted by atomic mass is 9.94. The van der Waals surface area contributed by atoms with Gasteiger partial charge in [-0.05, 0) is 61.2 Å². The Morgan fingerprint density at radius 1 is 0.925 bits per heavy atom. The second kappa shape index (κ2) is 12.2. The number of carbonyl (C=O) groups excluding carboxylic acids is 2. The Morgan fingerprint density at radius 2 is 1.70 bits per heavy atom. The molecule has 0 unspecified atom stereocenters. The monoisotopic (exact) mass is 543 g/mol. The molecule has 2 aliphatic heterocycles. The number of carbonyl (C=O) groups is 2. The first kappa shape index (κ1) is 27.1. The van der Waals surface area contributed by atoms with Gasteiger partial charge in [-0.15, -0.1) is 0 Å². The molecule has 0 spiro atoms. The Labute approximate surface area is 233 Å². The third kappa shape index (κ3) is 5.47. The van der Waals surface area contributed by atoms with Crippen molar-refractivity contribution in [2.75, 3.05) is 33.0 Å². The van der Waals surface area contributed by atoms with Gasteiger partial charge in [0.25, 0.3) is 11.7 Å². The van der Waals surface area contributed by atoms with Crippen molar-refractivity contribution in [1.29, 1.82) is 0 Å². The van der Waals surface area contributed by atoms with Gasteiger partial charge in [0, 0.05) is 12.1 Å². The van der Waals surface area contributed by atoms with E-state index in [-0.39, 0.29) is 17.9 Å². The number of Topliss-reactive ketones (excluding diaryl/α,β-unsaturated/α-hetero) is 1. The Hall–Kier alpha value is -4.46. The van der Waals surface area contributed by atoms with Crippen molar-refractivity contribution < 1.29 is 33.6 Å². The minimum atomic E-state index is -0.823. The van der Waals surface area contributed by atoms with Crippen LogP contribution < -0.4 is 18.9 Å². The Morgan fingerprint density at radius 3 is 2.45 bits per heavy atom. The number of aliphatic hydroxyl groups excluding tert-OH is 1. The number of hydrogen-bond acceptors (Lipinski definition) is 7. The van der Waals surface area contributed by atoms with Crippen molar-refractivity contribution in [1.82, 2.24) is 4.90 Å². The molecule has 1 amide bonds. The molecule has 1 saturated heterocycles. The topological polar surface area (TPSA) is 94.5 Å². The van der Waals surface area contributed by atoms with Gasteiger partial charge in [-0.1, -0.05) is 43.3 Å². The van der Waals surface area contributed by atoms with Crippen molar-refractivity contribution in [3.8, 4) is 23.0 Å². The third-order valence-corrected chi connectivity index (χ3v) is 6.88. The largest absolute Gasteiger partial charge is 0.507 e. The predicted molar refractivity (Wildman–Crippen MR) is 150 cm³/mol. The van der Waals surface area contributed by atoms with Crippen molar-refractivity contribution >= 4 is 17.4 Å². The zero-order valence-corrected chi connectivity index (χ0v) is 22.7. The molecule has 0 radical (unpaired) electrons. The number of fused-ring (bicyclic) bond motifs is 1. The maximum absolute atomic E-state index is 13.5. The fourth-order valence-electron chi connectivity index (χ4n) is 4.99. The van der Waals surface area contributed by atoms with Gasteiger partial charge in [0.15, 0.2) is 23.0 Å². The summed E-state index contributed by atoms with van der Waals surface area (Å²) in [5.74, 6) is 0.459. The zero-order valence-electron chi connectivity index (χ0n) is 22.7. The predicted octanol–water partition coefficient (Wildman–Crippen LogP) is 5.31. The summed E-state index contributed by atoms with van der Waals surface area (Å²) in [7, 11) is 0. The summed E-state index contributed by atoms with van der Waals surface area (Å²) in [6.07, 6.45) is 1.38. The van der Waals surface area contributed by atoms with Crippen LogP contribution in [0.3, 0.4) is 0 Å². The van der Waals surface area contributed by atoms with E-state index in [1.54, 1.807) is 30.3 Å². The summed E-state index contributed by atoms with van der Waals surface area (Å²) in [4.78, 5) is 28.5. The number of nitrogens with zero attached hydrogens (tertiary/aromatic N) is 1. The third-order valence-electron chi connectivity index (χ3n) is 6.88. The number of likely N-dealkylation sites (tertiary alicyclic amines) is 1. The highest BCUT2D eigenvalue weighted by atomic mass is 16.6. The number of ether oxygens (including phenoxy) is 4. The van der Waals surface area contributed by atoms with Crippen LogP contribution in [0.2, 0.25) is 0 Å². The summed E-state index contributed by atoms with van der Waals surface area (Å²) < 4.78 is 23.0. The van der Waals surface area contributed by atoms with Gasteiger partial charge in [0.2, 0.25) is 0 Å². The summed E-state index contributed by atoms with van der Waals surface area (Å²) in [5.41, 5.74) is 2.05. The van der Waals surface area contributed by atoms with Gasteiger partial charge in [0.1, 0.15) is 19.0 Å². The van der Waals surface area contributed by atoms with E-state index in [0.717, 1.165) is 12.0 Å². The molecule has 208 valence electrons. The molecule has 2 heterocycles. The molecule has 8 nitrogen and oxygen atoms in total. The lowest BCUT2D eigenvalue weighted by Crippen LogP contribution is -2.31. The molecule has 1 N–H and O–H groups in total. The Bertz CT molecular complexity index is 1420. The van der Waals surface area contributed by atoms with E-state index in [0.29, 0.717) is 67.0 Å². The van der Waals surface area contributed by atoms with E-state index >= 15 is 0 Å². The maximum atomic E-state index is 13.5. The number of aliphatic hydroxyl groups is 1. The molecule has 0 bridgehead atoms. The number of hydrogen-bond donors (Lipinski definition) is 1. The lowest BCUT2D eigenvalue weighted by molar-refractivity contribution is -0.139. The Kier molecular flexibility index (Phi) is 8.24. The molecule has 1 atom stereocenters. The fraction of sp³-hybridized carbons (Fsp3) is 0.312. The average molecular weight is 544 g/mol. The molecule has 0 aliphatic carbocycles. The highest BCUT2D eigenvalue weighted by Crippen LogP contribution is 2.43. The molecule has 3 aromatic carbocycles. The first-order chi connectivity index (χ1) is 19.5. The van der Waals surface area contributed by atoms with Gasteiger partial charge in [0.05, 0.1) is 24.8 Å². The smallest absolute Gasteiger partial charge is 0.295 e. The van der Waals surface area contributed by atoms with Gasteiger partial charge in [-0.3, -0.25) is 9.59 Å². The molecular weight excluding hydrogens is 510 g/mol. The van der Waals surface area contributed by atoms with Crippen molar-refractivity contribution in [2.24, 2.45) is 0 Å². The first-order valence-electron chi connectivity index (χ1n) is 13.6. The van der Waals surface area contributed by atoms with Gasteiger partial charge in [-0.2, -0.15) is 0 Å². The van der Waals surface area contributed by atoms with Crippen LogP contribution in [0.25, 0.3) is 5.76 Å². The molecule has 40 heavy (non-hydrogen) atoms. The van der Waals surface area contributed by atoms with Crippen LogP contribution in [0.4, 0.5) is 0 Å². The molecule has 0 aromatic heterocycles. The first-order valence-corrected chi connectivity index (χ1v) is 13.6. The second-order valence-corrected chi connectivity index (χ2v) is 9.57. The van der Waals surface area contributed by atoms with Gasteiger partial charge >= 0.3 is 0 Å².